The van der Waals surface area contributed by atoms with Crippen LogP contribution in [-0.2, 0) is 4.79 Å². The van der Waals surface area contributed by atoms with Gasteiger partial charge in [-0.15, -0.1) is 0 Å². The van der Waals surface area contributed by atoms with Crippen LogP contribution < -0.4 is 10.6 Å². The molecule has 3 heteroatoms. The predicted octanol–water partition coefficient (Wildman–Crippen LogP) is 2.56. The van der Waals surface area contributed by atoms with Crippen molar-refractivity contribution >= 4 is 5.91 Å². The molecule has 0 radical (unpaired) electrons. The normalized spacial score (nSPS) is 32.3. The standard InChI is InChI=1S/C16H30N2O/c1-6-7-16(8-9-17-11-16)13(19)18-10-12-14(2,3)15(12,4)5/h12,17H,6-11H2,1-5H3,(H,18,19). The monoisotopic (exact) mass is 266 g/mol. The highest BCUT2D eigenvalue weighted by atomic mass is 16.2. The lowest BCUT2D eigenvalue weighted by atomic mass is 9.81. The highest BCUT2D eigenvalue weighted by molar-refractivity contribution is 5.83. The number of nitrogens with one attached hydrogen (secondary N) is 2. The number of hydrogen-bond donors (Lipinski definition) is 2. The molecule has 2 fully saturated rings. The topological polar surface area (TPSA) is 41.1 Å². The highest BCUT2D eigenvalue weighted by Gasteiger charge is 2.64. The molecule has 110 valence electrons. The first kappa shape index (κ1) is 14.8. The van der Waals surface area contributed by atoms with Crippen molar-refractivity contribution in [3.63, 3.8) is 0 Å². The predicted molar refractivity (Wildman–Crippen MR) is 78.9 cm³/mol. The number of carbonyl (C=O) groups excluding carboxylic acids is 1. The first-order chi connectivity index (χ1) is 8.78. The average molecular weight is 266 g/mol. The number of rotatable bonds is 5. The number of amides is 1. The summed E-state index contributed by atoms with van der Waals surface area (Å²) in [5, 5.41) is 6.60. The largest absolute Gasteiger partial charge is 0.355 e. The summed E-state index contributed by atoms with van der Waals surface area (Å²) in [5.74, 6) is 0.884. The first-order valence-corrected chi connectivity index (χ1v) is 7.77. The maximum atomic E-state index is 12.6. The van der Waals surface area contributed by atoms with Crippen molar-refractivity contribution in [1.29, 1.82) is 0 Å². The van der Waals surface area contributed by atoms with E-state index in [1.54, 1.807) is 0 Å². The van der Waals surface area contributed by atoms with Crippen LogP contribution in [0.1, 0.15) is 53.9 Å². The molecule has 1 aliphatic heterocycles. The summed E-state index contributed by atoms with van der Waals surface area (Å²) >= 11 is 0. The quantitative estimate of drug-likeness (QED) is 0.803. The van der Waals surface area contributed by atoms with E-state index in [0.717, 1.165) is 38.9 Å². The third-order valence-corrected chi connectivity index (χ3v) is 6.24. The molecule has 0 bridgehead atoms. The van der Waals surface area contributed by atoms with Gasteiger partial charge in [0.05, 0.1) is 5.41 Å². The molecule has 0 aromatic carbocycles. The molecule has 0 aromatic rings. The molecule has 1 aliphatic carbocycles. The van der Waals surface area contributed by atoms with Gasteiger partial charge in [-0.3, -0.25) is 4.79 Å². The van der Waals surface area contributed by atoms with Crippen molar-refractivity contribution in [2.24, 2.45) is 22.2 Å². The summed E-state index contributed by atoms with van der Waals surface area (Å²) in [6.07, 6.45) is 3.07. The molecule has 1 saturated heterocycles. The Morgan fingerprint density at radius 3 is 2.32 bits per heavy atom. The zero-order chi connectivity index (χ0) is 14.3. The van der Waals surface area contributed by atoms with Crippen LogP contribution in [-0.4, -0.2) is 25.5 Å². The second-order valence-electron chi connectivity index (χ2n) is 7.66. The molecule has 1 heterocycles. The van der Waals surface area contributed by atoms with E-state index in [1.165, 1.54) is 0 Å². The Bertz CT molecular complexity index is 340. The molecule has 0 aromatic heterocycles. The van der Waals surface area contributed by atoms with Crippen LogP contribution in [0.3, 0.4) is 0 Å². The van der Waals surface area contributed by atoms with Crippen molar-refractivity contribution in [3.05, 3.63) is 0 Å². The van der Waals surface area contributed by atoms with Gasteiger partial charge in [-0.25, -0.2) is 0 Å². The summed E-state index contributed by atoms with van der Waals surface area (Å²) in [5.41, 5.74) is 0.566. The fourth-order valence-electron chi connectivity index (χ4n) is 3.97. The van der Waals surface area contributed by atoms with Gasteiger partial charge < -0.3 is 10.6 Å². The van der Waals surface area contributed by atoms with Gasteiger partial charge in [-0.2, -0.15) is 0 Å². The minimum absolute atomic E-state index is 0.141. The van der Waals surface area contributed by atoms with E-state index < -0.39 is 0 Å². The summed E-state index contributed by atoms with van der Waals surface area (Å²) in [7, 11) is 0. The first-order valence-electron chi connectivity index (χ1n) is 7.77. The van der Waals surface area contributed by atoms with E-state index in [0.29, 0.717) is 16.7 Å². The summed E-state index contributed by atoms with van der Waals surface area (Å²) in [4.78, 5) is 12.6. The van der Waals surface area contributed by atoms with Gasteiger partial charge in [0, 0.05) is 13.1 Å². The van der Waals surface area contributed by atoms with Crippen LogP contribution in [0.2, 0.25) is 0 Å². The molecule has 2 aliphatic rings. The Morgan fingerprint density at radius 2 is 1.89 bits per heavy atom. The van der Waals surface area contributed by atoms with Gasteiger partial charge in [0.2, 0.25) is 5.91 Å². The molecule has 19 heavy (non-hydrogen) atoms. The molecule has 2 rings (SSSR count). The smallest absolute Gasteiger partial charge is 0.227 e. The minimum Gasteiger partial charge on any atom is -0.355 e. The lowest BCUT2D eigenvalue weighted by Crippen LogP contribution is -2.43. The van der Waals surface area contributed by atoms with Gasteiger partial charge >= 0.3 is 0 Å². The third kappa shape index (κ3) is 2.31. The van der Waals surface area contributed by atoms with Crippen LogP contribution in [0.15, 0.2) is 0 Å². The van der Waals surface area contributed by atoms with Crippen molar-refractivity contribution < 1.29 is 4.79 Å². The number of carbonyl (C=O) groups is 1. The SMILES string of the molecule is CCCC1(C(=O)NCC2C(C)(C)C2(C)C)CCNC1. The molecule has 1 atom stereocenters. The average Bonchev–Trinajstić information content (AvgIpc) is 2.72. The second-order valence-corrected chi connectivity index (χ2v) is 7.66. The van der Waals surface area contributed by atoms with E-state index in [2.05, 4.69) is 45.3 Å². The van der Waals surface area contributed by atoms with E-state index in [9.17, 15) is 4.79 Å². The van der Waals surface area contributed by atoms with Crippen LogP contribution >= 0.6 is 0 Å². The maximum Gasteiger partial charge on any atom is 0.227 e. The van der Waals surface area contributed by atoms with Gasteiger partial charge in [-0.05, 0) is 36.1 Å². The van der Waals surface area contributed by atoms with E-state index in [-0.39, 0.29) is 11.3 Å². The van der Waals surface area contributed by atoms with Crippen LogP contribution in [0.25, 0.3) is 0 Å². The van der Waals surface area contributed by atoms with Crippen LogP contribution in [0.5, 0.6) is 0 Å². The zero-order valence-corrected chi connectivity index (χ0v) is 13.2. The van der Waals surface area contributed by atoms with Gasteiger partial charge in [0.25, 0.3) is 0 Å². The number of hydrogen-bond acceptors (Lipinski definition) is 2. The van der Waals surface area contributed by atoms with E-state index >= 15 is 0 Å². The lowest BCUT2D eigenvalue weighted by Gasteiger charge is -2.26. The molecule has 0 spiro atoms. The Kier molecular flexibility index (Phi) is 3.72. The zero-order valence-electron chi connectivity index (χ0n) is 13.2. The Morgan fingerprint density at radius 1 is 1.26 bits per heavy atom. The molecular weight excluding hydrogens is 236 g/mol. The Labute approximate surface area is 117 Å². The van der Waals surface area contributed by atoms with E-state index in [4.69, 9.17) is 0 Å². The van der Waals surface area contributed by atoms with Crippen molar-refractivity contribution in [2.45, 2.75) is 53.9 Å². The Hall–Kier alpha value is -0.570. The lowest BCUT2D eigenvalue weighted by molar-refractivity contribution is -0.130. The van der Waals surface area contributed by atoms with E-state index in [1.807, 2.05) is 0 Å². The van der Waals surface area contributed by atoms with Crippen LogP contribution in [0, 0.1) is 22.2 Å². The summed E-state index contributed by atoms with van der Waals surface area (Å²) in [6, 6.07) is 0. The third-order valence-electron chi connectivity index (χ3n) is 6.24. The molecular formula is C16H30N2O. The molecule has 3 nitrogen and oxygen atoms in total. The van der Waals surface area contributed by atoms with Crippen molar-refractivity contribution in [2.75, 3.05) is 19.6 Å². The molecule has 1 amide bonds. The van der Waals surface area contributed by atoms with Gasteiger partial charge in [0.1, 0.15) is 0 Å². The molecule has 2 N–H and O–H groups in total. The van der Waals surface area contributed by atoms with Gasteiger partial charge in [-0.1, -0.05) is 41.0 Å². The molecule has 1 unspecified atom stereocenters. The fraction of sp³-hybridized carbons (Fsp3) is 0.938. The Balaban J connectivity index is 1.91. The highest BCUT2D eigenvalue weighted by Crippen LogP contribution is 2.67. The van der Waals surface area contributed by atoms with Gasteiger partial charge in [0.15, 0.2) is 0 Å². The second kappa shape index (κ2) is 4.76. The van der Waals surface area contributed by atoms with Crippen molar-refractivity contribution in [3.8, 4) is 0 Å². The van der Waals surface area contributed by atoms with Crippen molar-refractivity contribution in [1.82, 2.24) is 10.6 Å². The maximum absolute atomic E-state index is 12.6. The van der Waals surface area contributed by atoms with Crippen LogP contribution in [0.4, 0.5) is 0 Å². The summed E-state index contributed by atoms with van der Waals surface area (Å²) in [6.45, 7) is 14.1. The fourth-order valence-corrected chi connectivity index (χ4v) is 3.97. The molecule has 1 saturated carbocycles. The summed E-state index contributed by atoms with van der Waals surface area (Å²) < 4.78 is 0. The minimum atomic E-state index is -0.141.